The van der Waals surface area contributed by atoms with Crippen LogP contribution in [0.3, 0.4) is 0 Å². The van der Waals surface area contributed by atoms with E-state index in [1.54, 1.807) is 31.4 Å². The molecule has 4 nitrogen and oxygen atoms in total. The van der Waals surface area contributed by atoms with Crippen molar-refractivity contribution in [1.82, 2.24) is 0 Å². The molecular weight excluding hydrogens is 352 g/mol. The van der Waals surface area contributed by atoms with E-state index in [1.165, 1.54) is 5.56 Å². The summed E-state index contributed by atoms with van der Waals surface area (Å²) in [5, 5.41) is 0. The van der Waals surface area contributed by atoms with Gasteiger partial charge in [-0.1, -0.05) is 48.0 Å². The number of methoxy groups -OCH3 is 1. The maximum atomic E-state index is 12.6. The molecule has 1 heterocycles. The average molecular weight is 372 g/mol. The zero-order chi connectivity index (χ0) is 19.5. The van der Waals surface area contributed by atoms with E-state index < -0.39 is 0 Å². The molecule has 0 atom stereocenters. The molecule has 140 valence electrons. The Morgan fingerprint density at radius 2 is 1.79 bits per heavy atom. The summed E-state index contributed by atoms with van der Waals surface area (Å²) in [6.07, 6.45) is 1.70. The van der Waals surface area contributed by atoms with E-state index in [2.05, 4.69) is 19.1 Å². The molecule has 4 heteroatoms. The quantitative estimate of drug-likeness (QED) is 0.578. The lowest BCUT2D eigenvalue weighted by Gasteiger charge is -2.08. The summed E-state index contributed by atoms with van der Waals surface area (Å²) in [5.41, 5.74) is 3.61. The normalized spacial score (nSPS) is 13.9. The van der Waals surface area contributed by atoms with E-state index >= 15 is 0 Å². The first kappa shape index (κ1) is 17.9. The minimum atomic E-state index is -0.147. The third-order valence-corrected chi connectivity index (χ3v) is 4.59. The molecule has 4 rings (SSSR count). The number of Topliss-reactive ketones (excluding diaryl/α,β-unsaturated/α-hetero) is 1. The van der Waals surface area contributed by atoms with Gasteiger partial charge in [0, 0.05) is 11.6 Å². The molecule has 0 aromatic heterocycles. The molecule has 0 radical (unpaired) electrons. The second-order valence-electron chi connectivity index (χ2n) is 6.61. The fraction of sp³-hybridized carbons (Fsp3) is 0.125. The van der Waals surface area contributed by atoms with Gasteiger partial charge in [0.15, 0.2) is 5.76 Å². The van der Waals surface area contributed by atoms with Gasteiger partial charge < -0.3 is 14.2 Å². The lowest BCUT2D eigenvalue weighted by Crippen LogP contribution is -1.98. The lowest BCUT2D eigenvalue weighted by molar-refractivity contribution is 0.101. The summed E-state index contributed by atoms with van der Waals surface area (Å²) >= 11 is 0. The van der Waals surface area contributed by atoms with E-state index in [1.807, 2.05) is 36.4 Å². The van der Waals surface area contributed by atoms with Crippen LogP contribution in [0.1, 0.15) is 27.0 Å². The van der Waals surface area contributed by atoms with E-state index in [0.717, 1.165) is 11.1 Å². The predicted octanol–water partition coefficient (Wildman–Crippen LogP) is 5.20. The van der Waals surface area contributed by atoms with Crippen molar-refractivity contribution in [1.29, 1.82) is 0 Å². The Balaban J connectivity index is 1.52. The fourth-order valence-corrected chi connectivity index (χ4v) is 3.03. The number of benzene rings is 3. The number of allylic oxidation sites excluding steroid dienone is 1. The molecule has 3 aromatic rings. The number of hydrogen-bond acceptors (Lipinski definition) is 4. The minimum absolute atomic E-state index is 0.147. The smallest absolute Gasteiger partial charge is 0.231 e. The van der Waals surface area contributed by atoms with Crippen LogP contribution in [-0.4, -0.2) is 12.9 Å². The molecule has 28 heavy (non-hydrogen) atoms. The SMILES string of the molecule is COc1ccccc1/C=C1\Oc2cc(OCc3ccc(C)cc3)ccc2C1=O. The first-order valence-corrected chi connectivity index (χ1v) is 9.04. The largest absolute Gasteiger partial charge is 0.496 e. The summed E-state index contributed by atoms with van der Waals surface area (Å²) in [6.45, 7) is 2.51. The number of rotatable bonds is 5. The van der Waals surface area contributed by atoms with Crippen LogP contribution in [0.5, 0.6) is 17.2 Å². The zero-order valence-electron chi connectivity index (χ0n) is 15.8. The molecule has 1 aliphatic rings. The van der Waals surface area contributed by atoms with Gasteiger partial charge in [-0.05, 0) is 36.8 Å². The van der Waals surface area contributed by atoms with E-state index in [4.69, 9.17) is 14.2 Å². The first-order valence-electron chi connectivity index (χ1n) is 9.04. The van der Waals surface area contributed by atoms with Gasteiger partial charge in [-0.15, -0.1) is 0 Å². The van der Waals surface area contributed by atoms with Crippen LogP contribution in [0.4, 0.5) is 0 Å². The second kappa shape index (κ2) is 7.61. The highest BCUT2D eigenvalue weighted by molar-refractivity contribution is 6.14. The summed E-state index contributed by atoms with van der Waals surface area (Å²) < 4.78 is 17.0. The summed E-state index contributed by atoms with van der Waals surface area (Å²) in [5.74, 6) is 1.98. The number of ether oxygens (including phenoxy) is 3. The van der Waals surface area contributed by atoms with Gasteiger partial charge >= 0.3 is 0 Å². The number of hydrogen-bond donors (Lipinski definition) is 0. The van der Waals surface area contributed by atoms with Crippen molar-refractivity contribution in [2.45, 2.75) is 13.5 Å². The van der Waals surface area contributed by atoms with Crippen molar-refractivity contribution in [3.05, 3.63) is 94.7 Å². The Morgan fingerprint density at radius 1 is 1.00 bits per heavy atom. The summed E-state index contributed by atoms with van der Waals surface area (Å²) in [7, 11) is 1.60. The fourth-order valence-electron chi connectivity index (χ4n) is 3.03. The lowest BCUT2D eigenvalue weighted by atomic mass is 10.1. The van der Waals surface area contributed by atoms with Gasteiger partial charge in [0.25, 0.3) is 0 Å². The Kier molecular flexibility index (Phi) is 4.85. The topological polar surface area (TPSA) is 44.8 Å². The van der Waals surface area contributed by atoms with Gasteiger partial charge in [-0.3, -0.25) is 4.79 Å². The highest BCUT2D eigenvalue weighted by Gasteiger charge is 2.28. The van der Waals surface area contributed by atoms with Crippen molar-refractivity contribution in [3.8, 4) is 17.2 Å². The number of fused-ring (bicyclic) bond motifs is 1. The van der Waals surface area contributed by atoms with Crippen molar-refractivity contribution in [2.75, 3.05) is 7.11 Å². The molecule has 3 aromatic carbocycles. The van der Waals surface area contributed by atoms with E-state index in [-0.39, 0.29) is 11.5 Å². The molecule has 0 bridgehead atoms. The maximum absolute atomic E-state index is 12.6. The van der Waals surface area contributed by atoms with Gasteiger partial charge in [-0.2, -0.15) is 0 Å². The summed E-state index contributed by atoms with van der Waals surface area (Å²) in [4.78, 5) is 12.6. The number of aryl methyl sites for hydroxylation is 1. The maximum Gasteiger partial charge on any atom is 0.231 e. The third-order valence-electron chi connectivity index (χ3n) is 4.59. The second-order valence-corrected chi connectivity index (χ2v) is 6.61. The van der Waals surface area contributed by atoms with Crippen LogP contribution in [0.15, 0.2) is 72.5 Å². The Bertz CT molecular complexity index is 1050. The van der Waals surface area contributed by atoms with Crippen LogP contribution < -0.4 is 14.2 Å². The predicted molar refractivity (Wildman–Crippen MR) is 108 cm³/mol. The van der Waals surface area contributed by atoms with Crippen molar-refractivity contribution < 1.29 is 19.0 Å². The monoisotopic (exact) mass is 372 g/mol. The molecule has 1 aliphatic heterocycles. The summed E-state index contributed by atoms with van der Waals surface area (Å²) in [6, 6.07) is 21.0. The molecule has 0 saturated heterocycles. The number of carbonyl (C=O) groups excluding carboxylic acids is 1. The average Bonchev–Trinajstić information content (AvgIpc) is 3.03. The van der Waals surface area contributed by atoms with E-state index in [9.17, 15) is 4.79 Å². The van der Waals surface area contributed by atoms with Gasteiger partial charge in [0.2, 0.25) is 5.78 Å². The highest BCUT2D eigenvalue weighted by Crippen LogP contribution is 2.35. The molecule has 0 amide bonds. The van der Waals surface area contributed by atoms with Crippen LogP contribution in [0.2, 0.25) is 0 Å². The standard InChI is InChI=1S/C24H20O4/c1-16-7-9-17(10-8-16)15-27-19-11-12-20-22(14-19)28-23(24(20)25)13-18-5-3-4-6-21(18)26-2/h3-14H,15H2,1-2H3/b23-13-. The van der Waals surface area contributed by atoms with Gasteiger partial charge in [0.1, 0.15) is 23.9 Å². The zero-order valence-corrected chi connectivity index (χ0v) is 15.8. The Labute approximate surface area is 164 Å². The van der Waals surface area contributed by atoms with Crippen LogP contribution in [0.25, 0.3) is 6.08 Å². The molecule has 0 unspecified atom stereocenters. The first-order chi connectivity index (χ1) is 13.6. The highest BCUT2D eigenvalue weighted by atomic mass is 16.5. The van der Waals surface area contributed by atoms with Crippen LogP contribution in [0, 0.1) is 6.92 Å². The number of ketones is 1. The Morgan fingerprint density at radius 3 is 2.57 bits per heavy atom. The number of para-hydroxylation sites is 1. The molecule has 0 spiro atoms. The molecule has 0 aliphatic carbocycles. The van der Waals surface area contributed by atoms with Crippen molar-refractivity contribution >= 4 is 11.9 Å². The van der Waals surface area contributed by atoms with E-state index in [0.29, 0.717) is 29.4 Å². The van der Waals surface area contributed by atoms with Crippen molar-refractivity contribution in [3.63, 3.8) is 0 Å². The number of carbonyl (C=O) groups is 1. The van der Waals surface area contributed by atoms with Crippen LogP contribution >= 0.6 is 0 Å². The van der Waals surface area contributed by atoms with Crippen LogP contribution in [-0.2, 0) is 6.61 Å². The third kappa shape index (κ3) is 3.62. The molecule has 0 fully saturated rings. The molecule has 0 N–H and O–H groups in total. The molecule has 0 saturated carbocycles. The van der Waals surface area contributed by atoms with Crippen molar-refractivity contribution in [2.24, 2.45) is 0 Å². The Hall–Kier alpha value is -3.53. The molecular formula is C24H20O4. The van der Waals surface area contributed by atoms with Gasteiger partial charge in [-0.25, -0.2) is 0 Å². The minimum Gasteiger partial charge on any atom is -0.496 e. The van der Waals surface area contributed by atoms with Gasteiger partial charge in [0.05, 0.1) is 12.7 Å².